The molecule has 1 aliphatic heterocycles. The maximum atomic E-state index is 4.39. The molecule has 0 spiro atoms. The predicted molar refractivity (Wildman–Crippen MR) is 98.0 cm³/mol. The first kappa shape index (κ1) is 15.9. The Labute approximate surface area is 145 Å². The van der Waals surface area contributed by atoms with Crippen molar-refractivity contribution in [3.05, 3.63) is 53.6 Å². The third-order valence-electron chi connectivity index (χ3n) is 5.76. The van der Waals surface area contributed by atoms with Crippen molar-refractivity contribution in [1.29, 1.82) is 0 Å². The summed E-state index contributed by atoms with van der Waals surface area (Å²) in [5.74, 6) is 0.843. The number of aromatic nitrogens is 2. The smallest absolute Gasteiger partial charge is 0.0951 e. The fraction of sp³-hybridized carbons (Fsp3) is 0.571. The monoisotopic (exact) mass is 323 g/mol. The van der Waals surface area contributed by atoms with Crippen LogP contribution in [0.1, 0.15) is 55.0 Å². The molecule has 1 aromatic heterocycles. The lowest BCUT2D eigenvalue weighted by molar-refractivity contribution is 0.158. The molecule has 1 aliphatic carbocycles. The number of piperidine rings is 1. The molecule has 0 amide bonds. The molecule has 24 heavy (non-hydrogen) atoms. The minimum atomic E-state index is 0.740. The largest absolute Gasteiger partial charge is 0.330 e. The van der Waals surface area contributed by atoms with E-state index in [4.69, 9.17) is 0 Å². The van der Waals surface area contributed by atoms with Crippen LogP contribution in [-0.4, -0.2) is 27.5 Å². The first-order valence-electron chi connectivity index (χ1n) is 9.57. The molecular formula is C21H29N3. The Morgan fingerprint density at radius 2 is 2.04 bits per heavy atom. The third-order valence-corrected chi connectivity index (χ3v) is 5.76. The van der Waals surface area contributed by atoms with Gasteiger partial charge in [0.2, 0.25) is 0 Å². The fourth-order valence-electron chi connectivity index (χ4n) is 4.15. The summed E-state index contributed by atoms with van der Waals surface area (Å²) >= 11 is 0. The van der Waals surface area contributed by atoms with Crippen LogP contribution in [0.25, 0.3) is 0 Å². The van der Waals surface area contributed by atoms with Crippen molar-refractivity contribution < 1.29 is 0 Å². The lowest BCUT2D eigenvalue weighted by Crippen LogP contribution is -2.35. The lowest BCUT2D eigenvalue weighted by atomic mass is 9.90. The molecule has 0 bridgehead atoms. The molecule has 2 fully saturated rings. The van der Waals surface area contributed by atoms with Gasteiger partial charge in [-0.15, -0.1) is 0 Å². The molecule has 2 aromatic rings. The maximum Gasteiger partial charge on any atom is 0.0951 e. The lowest BCUT2D eigenvalue weighted by Gasteiger charge is -2.33. The Morgan fingerprint density at radius 1 is 1.17 bits per heavy atom. The summed E-state index contributed by atoms with van der Waals surface area (Å²) < 4.78 is 2.41. The van der Waals surface area contributed by atoms with E-state index in [1.54, 1.807) is 0 Å². The topological polar surface area (TPSA) is 21.1 Å². The molecule has 4 rings (SSSR count). The first-order chi connectivity index (χ1) is 11.8. The molecule has 3 nitrogen and oxygen atoms in total. The Bertz CT molecular complexity index is 671. The summed E-state index contributed by atoms with van der Waals surface area (Å²) in [4.78, 5) is 7.04. The van der Waals surface area contributed by atoms with Crippen molar-refractivity contribution in [2.45, 2.75) is 58.0 Å². The Morgan fingerprint density at radius 3 is 2.88 bits per heavy atom. The normalized spacial score (nSPS) is 22.0. The van der Waals surface area contributed by atoms with Gasteiger partial charge in [-0.05, 0) is 69.0 Å². The molecule has 1 atom stereocenters. The Kier molecular flexibility index (Phi) is 4.70. The zero-order valence-corrected chi connectivity index (χ0v) is 14.8. The molecule has 3 heteroatoms. The van der Waals surface area contributed by atoms with Gasteiger partial charge in [-0.1, -0.05) is 24.3 Å². The molecule has 1 aromatic carbocycles. The number of nitrogens with zero attached hydrogens (tertiary/aromatic N) is 3. The van der Waals surface area contributed by atoms with Gasteiger partial charge in [-0.25, -0.2) is 4.98 Å². The van der Waals surface area contributed by atoms with Crippen LogP contribution in [0.4, 0.5) is 0 Å². The SMILES string of the molecule is Cc1ccccc1CCC1CCCN(Cc2cncn2C2CC2)C1. The number of aryl methyl sites for hydroxylation is 2. The van der Waals surface area contributed by atoms with Gasteiger partial charge in [0.1, 0.15) is 0 Å². The quantitative estimate of drug-likeness (QED) is 0.787. The van der Waals surface area contributed by atoms with Crippen molar-refractivity contribution in [1.82, 2.24) is 14.5 Å². The van der Waals surface area contributed by atoms with Crippen LogP contribution in [-0.2, 0) is 13.0 Å². The van der Waals surface area contributed by atoms with Crippen molar-refractivity contribution in [3.63, 3.8) is 0 Å². The fourth-order valence-corrected chi connectivity index (χ4v) is 4.15. The molecule has 2 heterocycles. The maximum absolute atomic E-state index is 4.39. The number of likely N-dealkylation sites (tertiary alicyclic amines) is 1. The van der Waals surface area contributed by atoms with Crippen LogP contribution in [0.5, 0.6) is 0 Å². The van der Waals surface area contributed by atoms with Crippen LogP contribution >= 0.6 is 0 Å². The minimum absolute atomic E-state index is 0.740. The van der Waals surface area contributed by atoms with Gasteiger partial charge in [-0.2, -0.15) is 0 Å². The molecule has 1 saturated carbocycles. The Balaban J connectivity index is 1.32. The van der Waals surface area contributed by atoms with Gasteiger partial charge in [0.05, 0.1) is 12.0 Å². The van der Waals surface area contributed by atoms with Crippen LogP contribution in [0.3, 0.4) is 0 Å². The highest BCUT2D eigenvalue weighted by molar-refractivity contribution is 5.25. The number of imidazole rings is 1. The molecule has 1 unspecified atom stereocenters. The highest BCUT2D eigenvalue weighted by Crippen LogP contribution is 2.36. The summed E-state index contributed by atoms with van der Waals surface area (Å²) in [7, 11) is 0. The van der Waals surface area contributed by atoms with Gasteiger partial charge < -0.3 is 4.57 Å². The van der Waals surface area contributed by atoms with E-state index in [1.807, 2.05) is 6.33 Å². The van der Waals surface area contributed by atoms with E-state index in [2.05, 4.69) is 51.8 Å². The van der Waals surface area contributed by atoms with Crippen molar-refractivity contribution in [2.24, 2.45) is 5.92 Å². The second-order valence-corrected chi connectivity index (χ2v) is 7.73. The predicted octanol–water partition coefficient (Wildman–Crippen LogP) is 4.37. The van der Waals surface area contributed by atoms with E-state index in [-0.39, 0.29) is 0 Å². The number of hydrogen-bond acceptors (Lipinski definition) is 2. The summed E-state index contributed by atoms with van der Waals surface area (Å²) in [6.45, 7) is 5.82. The van der Waals surface area contributed by atoms with Crippen LogP contribution in [0.15, 0.2) is 36.8 Å². The van der Waals surface area contributed by atoms with E-state index < -0.39 is 0 Å². The average Bonchev–Trinajstić information content (AvgIpc) is 3.34. The van der Waals surface area contributed by atoms with Crippen molar-refractivity contribution in [2.75, 3.05) is 13.1 Å². The van der Waals surface area contributed by atoms with Gasteiger partial charge >= 0.3 is 0 Å². The summed E-state index contributed by atoms with van der Waals surface area (Å²) in [5.41, 5.74) is 4.39. The standard InChI is InChI=1S/C21H29N3/c1-17-5-2-3-7-19(17)9-8-18-6-4-12-23(14-18)15-21-13-22-16-24(21)20-10-11-20/h2-3,5,7,13,16,18,20H,4,6,8-12,14-15H2,1H3. The van der Waals surface area contributed by atoms with E-state index in [9.17, 15) is 0 Å². The zero-order chi connectivity index (χ0) is 16.4. The molecule has 128 valence electrons. The van der Waals surface area contributed by atoms with E-state index in [0.29, 0.717) is 0 Å². The first-order valence-corrected chi connectivity index (χ1v) is 9.57. The van der Waals surface area contributed by atoms with Gasteiger partial charge in [0.15, 0.2) is 0 Å². The minimum Gasteiger partial charge on any atom is -0.330 e. The summed E-state index contributed by atoms with van der Waals surface area (Å²) in [5, 5.41) is 0. The van der Waals surface area contributed by atoms with Crippen molar-refractivity contribution >= 4 is 0 Å². The van der Waals surface area contributed by atoms with Crippen molar-refractivity contribution in [3.8, 4) is 0 Å². The zero-order valence-electron chi connectivity index (χ0n) is 14.8. The van der Waals surface area contributed by atoms with E-state index in [1.165, 1.54) is 68.4 Å². The van der Waals surface area contributed by atoms with Gasteiger partial charge in [0, 0.05) is 25.3 Å². The molecular weight excluding hydrogens is 294 g/mol. The molecule has 1 saturated heterocycles. The van der Waals surface area contributed by atoms with E-state index >= 15 is 0 Å². The van der Waals surface area contributed by atoms with Crippen LogP contribution < -0.4 is 0 Å². The van der Waals surface area contributed by atoms with Gasteiger partial charge in [-0.3, -0.25) is 4.90 Å². The number of hydrogen-bond donors (Lipinski definition) is 0. The second-order valence-electron chi connectivity index (χ2n) is 7.73. The van der Waals surface area contributed by atoms with Crippen LogP contribution in [0, 0.1) is 12.8 Å². The number of rotatable bonds is 6. The summed E-state index contributed by atoms with van der Waals surface area (Å²) in [6, 6.07) is 9.59. The second kappa shape index (κ2) is 7.10. The molecule has 0 radical (unpaired) electrons. The van der Waals surface area contributed by atoms with Gasteiger partial charge in [0.25, 0.3) is 0 Å². The molecule has 2 aliphatic rings. The average molecular weight is 323 g/mol. The van der Waals surface area contributed by atoms with Crippen LogP contribution in [0.2, 0.25) is 0 Å². The van der Waals surface area contributed by atoms with E-state index in [0.717, 1.165) is 18.5 Å². The third kappa shape index (κ3) is 3.72. The highest BCUT2D eigenvalue weighted by atomic mass is 15.2. The molecule has 0 N–H and O–H groups in total. The highest BCUT2D eigenvalue weighted by Gasteiger charge is 2.27. The number of benzene rings is 1. The Hall–Kier alpha value is -1.61. The summed E-state index contributed by atoms with van der Waals surface area (Å²) in [6.07, 6.45) is 12.1.